The summed E-state index contributed by atoms with van der Waals surface area (Å²) in [5.41, 5.74) is 2.42. The molecule has 8 nitrogen and oxygen atoms in total. The highest BCUT2D eigenvalue weighted by molar-refractivity contribution is 7.87. The van der Waals surface area contributed by atoms with Crippen molar-refractivity contribution in [2.45, 2.75) is 24.8 Å². The van der Waals surface area contributed by atoms with Crippen molar-refractivity contribution in [1.82, 2.24) is 4.90 Å². The number of anilines is 1. The van der Waals surface area contributed by atoms with Crippen LogP contribution in [0.15, 0.2) is 71.6 Å². The van der Waals surface area contributed by atoms with Crippen molar-refractivity contribution in [2.24, 2.45) is 0 Å². The molecule has 1 N–H and O–H groups in total. The zero-order valence-electron chi connectivity index (χ0n) is 20.4. The number of urea groups is 1. The summed E-state index contributed by atoms with van der Waals surface area (Å²) in [5, 5.41) is 2.87. The summed E-state index contributed by atoms with van der Waals surface area (Å²) < 4.78 is 54.4. The van der Waals surface area contributed by atoms with Crippen molar-refractivity contribution in [2.75, 3.05) is 32.7 Å². The van der Waals surface area contributed by atoms with Gasteiger partial charge < -0.3 is 23.9 Å². The number of nitrogens with one attached hydrogen (secondary N) is 1. The maximum absolute atomic E-state index is 13.2. The van der Waals surface area contributed by atoms with Gasteiger partial charge in [-0.15, -0.1) is 0 Å². The first-order chi connectivity index (χ1) is 17.2. The molecular weight excluding hydrogens is 487 g/mol. The number of hydrogen-bond acceptors (Lipinski definition) is 6. The van der Waals surface area contributed by atoms with E-state index in [1.54, 1.807) is 19.2 Å². The van der Waals surface area contributed by atoms with Gasteiger partial charge in [0.2, 0.25) is 0 Å². The summed E-state index contributed by atoms with van der Waals surface area (Å²) in [4.78, 5) is 14.3. The SMILES string of the molecule is CCc1ccc(NC(=O)N(CCOC)Cc2ccc(OC)c(OS(=O)(=O)c3ccc(F)cc3)c2)cc1. The van der Waals surface area contributed by atoms with Crippen molar-refractivity contribution in [3.63, 3.8) is 0 Å². The molecule has 0 saturated heterocycles. The Morgan fingerprint density at radius 2 is 1.61 bits per heavy atom. The second kappa shape index (κ2) is 12.4. The second-order valence-corrected chi connectivity index (χ2v) is 9.42. The Hall–Kier alpha value is -3.63. The predicted molar refractivity (Wildman–Crippen MR) is 134 cm³/mol. The maximum atomic E-state index is 13.2. The third-order valence-electron chi connectivity index (χ3n) is 5.37. The van der Waals surface area contributed by atoms with Crippen molar-refractivity contribution < 1.29 is 31.3 Å². The third kappa shape index (κ3) is 7.19. The van der Waals surface area contributed by atoms with Gasteiger partial charge in [-0.2, -0.15) is 8.42 Å². The lowest BCUT2D eigenvalue weighted by molar-refractivity contribution is 0.153. The quantitative estimate of drug-likeness (QED) is 0.367. The van der Waals surface area contributed by atoms with Crippen LogP contribution < -0.4 is 14.2 Å². The molecule has 0 fully saturated rings. The fourth-order valence-corrected chi connectivity index (χ4v) is 4.29. The van der Waals surface area contributed by atoms with E-state index in [2.05, 4.69) is 12.2 Å². The van der Waals surface area contributed by atoms with Crippen molar-refractivity contribution in [3.05, 3.63) is 83.7 Å². The molecule has 0 heterocycles. The summed E-state index contributed by atoms with van der Waals surface area (Å²) in [6.07, 6.45) is 0.896. The minimum absolute atomic E-state index is 0.0541. The lowest BCUT2D eigenvalue weighted by Gasteiger charge is -2.23. The van der Waals surface area contributed by atoms with E-state index in [0.717, 1.165) is 36.2 Å². The molecular formula is C26H29FN2O6S. The van der Waals surface area contributed by atoms with Crippen LogP contribution in [0.1, 0.15) is 18.1 Å². The highest BCUT2D eigenvalue weighted by atomic mass is 32.2. The van der Waals surface area contributed by atoms with E-state index in [1.807, 2.05) is 24.3 Å². The van der Waals surface area contributed by atoms with E-state index < -0.39 is 15.9 Å². The van der Waals surface area contributed by atoms with Crippen molar-refractivity contribution >= 4 is 21.8 Å². The summed E-state index contributed by atoms with van der Waals surface area (Å²) in [5.74, 6) is -0.431. The largest absolute Gasteiger partial charge is 0.493 e. The smallest absolute Gasteiger partial charge is 0.339 e. The van der Waals surface area contributed by atoms with Crippen LogP contribution in [-0.4, -0.2) is 46.7 Å². The Labute approximate surface area is 210 Å². The van der Waals surface area contributed by atoms with Crippen molar-refractivity contribution in [3.8, 4) is 11.5 Å². The number of carbonyl (C=O) groups is 1. The third-order valence-corrected chi connectivity index (χ3v) is 6.62. The van der Waals surface area contributed by atoms with Crippen LogP contribution >= 0.6 is 0 Å². The fraction of sp³-hybridized carbons (Fsp3) is 0.269. The zero-order chi connectivity index (χ0) is 26.1. The number of hydrogen-bond donors (Lipinski definition) is 1. The molecule has 3 rings (SSSR count). The van der Waals surface area contributed by atoms with Crippen LogP contribution in [0.4, 0.5) is 14.9 Å². The van der Waals surface area contributed by atoms with Gasteiger partial charge in [0.05, 0.1) is 13.7 Å². The Kier molecular flexibility index (Phi) is 9.26. The van der Waals surface area contributed by atoms with Gasteiger partial charge in [-0.05, 0) is 66.1 Å². The Morgan fingerprint density at radius 1 is 0.944 bits per heavy atom. The summed E-state index contributed by atoms with van der Waals surface area (Å²) in [6, 6.07) is 16.3. The molecule has 3 aromatic carbocycles. The van der Waals surface area contributed by atoms with E-state index >= 15 is 0 Å². The first kappa shape index (κ1) is 27.0. The molecule has 0 aliphatic carbocycles. The van der Waals surface area contributed by atoms with Crippen LogP contribution in [0.2, 0.25) is 0 Å². The standard InChI is InChI=1S/C26H29FN2O6S/c1-4-19-5-10-22(11-6-19)28-26(30)29(15-16-33-2)18-20-7-14-24(34-3)25(17-20)35-36(31,32)23-12-8-21(27)9-13-23/h5-14,17H,4,15-16,18H2,1-3H3,(H,28,30). The fourth-order valence-electron chi connectivity index (χ4n) is 3.35. The number of carbonyl (C=O) groups excluding carboxylic acids is 1. The van der Waals surface area contributed by atoms with E-state index in [-0.39, 0.29) is 29.0 Å². The zero-order valence-corrected chi connectivity index (χ0v) is 21.2. The number of benzene rings is 3. The molecule has 0 saturated carbocycles. The number of nitrogens with zero attached hydrogens (tertiary/aromatic N) is 1. The predicted octanol–water partition coefficient (Wildman–Crippen LogP) is 4.84. The van der Waals surface area contributed by atoms with Gasteiger partial charge in [-0.25, -0.2) is 9.18 Å². The molecule has 3 aromatic rings. The molecule has 0 spiro atoms. The minimum Gasteiger partial charge on any atom is -0.493 e. The highest BCUT2D eigenvalue weighted by Crippen LogP contribution is 2.31. The van der Waals surface area contributed by atoms with E-state index in [0.29, 0.717) is 24.4 Å². The highest BCUT2D eigenvalue weighted by Gasteiger charge is 2.21. The van der Waals surface area contributed by atoms with Gasteiger partial charge in [0.25, 0.3) is 0 Å². The molecule has 0 aromatic heterocycles. The van der Waals surface area contributed by atoms with Gasteiger partial charge >= 0.3 is 16.1 Å². The van der Waals surface area contributed by atoms with Crippen LogP contribution in [0.5, 0.6) is 11.5 Å². The minimum atomic E-state index is -4.24. The molecule has 36 heavy (non-hydrogen) atoms. The lowest BCUT2D eigenvalue weighted by atomic mass is 10.1. The lowest BCUT2D eigenvalue weighted by Crippen LogP contribution is -2.36. The topological polar surface area (TPSA) is 94.2 Å². The second-order valence-electron chi connectivity index (χ2n) is 7.87. The average molecular weight is 517 g/mol. The molecule has 192 valence electrons. The molecule has 0 aliphatic rings. The summed E-state index contributed by atoms with van der Waals surface area (Å²) in [7, 11) is -1.32. The van der Waals surface area contributed by atoms with Gasteiger partial charge in [-0.1, -0.05) is 25.1 Å². The Morgan fingerprint density at radius 3 is 2.22 bits per heavy atom. The van der Waals surface area contributed by atoms with E-state index in [1.165, 1.54) is 18.1 Å². The molecule has 0 atom stereocenters. The van der Waals surface area contributed by atoms with Gasteiger partial charge in [0.15, 0.2) is 11.5 Å². The number of halogens is 1. The van der Waals surface area contributed by atoms with Gasteiger partial charge in [-0.3, -0.25) is 0 Å². The molecule has 0 unspecified atom stereocenters. The van der Waals surface area contributed by atoms with Crippen LogP contribution in [-0.2, 0) is 27.8 Å². The normalized spacial score (nSPS) is 11.1. The molecule has 0 aliphatic heterocycles. The number of methoxy groups -OCH3 is 2. The number of aryl methyl sites for hydroxylation is 1. The number of ether oxygens (including phenoxy) is 2. The molecule has 0 bridgehead atoms. The first-order valence-electron chi connectivity index (χ1n) is 11.3. The van der Waals surface area contributed by atoms with E-state index in [9.17, 15) is 17.6 Å². The van der Waals surface area contributed by atoms with Crippen LogP contribution in [0.25, 0.3) is 0 Å². The number of rotatable bonds is 11. The summed E-state index contributed by atoms with van der Waals surface area (Å²) >= 11 is 0. The van der Waals surface area contributed by atoms with Crippen molar-refractivity contribution in [1.29, 1.82) is 0 Å². The van der Waals surface area contributed by atoms with E-state index in [4.69, 9.17) is 13.7 Å². The Bertz CT molecular complexity index is 1260. The van der Waals surface area contributed by atoms with Gasteiger partial charge in [0, 0.05) is 25.9 Å². The summed E-state index contributed by atoms with van der Waals surface area (Å²) in [6.45, 7) is 2.81. The molecule has 0 radical (unpaired) electrons. The first-order valence-corrected chi connectivity index (χ1v) is 12.7. The van der Waals surface area contributed by atoms with Crippen LogP contribution in [0.3, 0.4) is 0 Å². The molecule has 10 heteroatoms. The Balaban J connectivity index is 1.81. The maximum Gasteiger partial charge on any atom is 0.339 e. The van der Waals surface area contributed by atoms with Crippen LogP contribution in [0, 0.1) is 5.82 Å². The van der Waals surface area contributed by atoms with Gasteiger partial charge in [0.1, 0.15) is 10.7 Å². The average Bonchev–Trinajstić information content (AvgIpc) is 2.87. The monoisotopic (exact) mass is 516 g/mol. The number of amides is 2. The molecule has 2 amide bonds.